The van der Waals surface area contributed by atoms with Gasteiger partial charge in [-0.25, -0.2) is 14.6 Å². The Morgan fingerprint density at radius 3 is 2.41 bits per heavy atom. The van der Waals surface area contributed by atoms with Gasteiger partial charge >= 0.3 is 12.0 Å². The van der Waals surface area contributed by atoms with Gasteiger partial charge in [0.2, 0.25) is 11.8 Å². The number of nitrogens with one attached hydrogen (secondary N) is 3. The van der Waals surface area contributed by atoms with Crippen LogP contribution in [-0.2, 0) is 35.9 Å². The van der Waals surface area contributed by atoms with Crippen molar-refractivity contribution in [3.8, 4) is 0 Å². The lowest BCUT2D eigenvalue weighted by atomic mass is 9.87. The van der Waals surface area contributed by atoms with Crippen molar-refractivity contribution in [1.82, 2.24) is 26.0 Å². The number of amides is 5. The maximum absolute atomic E-state index is 14.1. The lowest BCUT2D eigenvalue weighted by molar-refractivity contribution is -0.176. The zero-order chi connectivity index (χ0) is 35.1. The summed E-state index contributed by atoms with van der Waals surface area (Å²) in [7, 11) is 0. The molecule has 258 valence electrons. The van der Waals surface area contributed by atoms with Crippen LogP contribution in [0, 0.1) is 0 Å². The molecule has 0 aliphatic carbocycles. The largest absolute Gasteiger partial charge is 0.454 e. The van der Waals surface area contributed by atoms with Gasteiger partial charge in [0.15, 0.2) is 12.4 Å². The molecule has 3 atom stereocenters. The fourth-order valence-electron chi connectivity index (χ4n) is 5.81. The van der Waals surface area contributed by atoms with Crippen molar-refractivity contribution in [3.05, 3.63) is 92.1 Å². The van der Waals surface area contributed by atoms with Gasteiger partial charge in [-0.05, 0) is 61.7 Å². The summed E-state index contributed by atoms with van der Waals surface area (Å²) in [5.41, 5.74) is -1.43. The molecule has 5 rings (SSSR count). The highest BCUT2D eigenvalue weighted by Gasteiger charge is 2.47. The third-order valence-corrected chi connectivity index (χ3v) is 10.1. The van der Waals surface area contributed by atoms with Gasteiger partial charge in [0.1, 0.15) is 17.6 Å². The predicted molar refractivity (Wildman–Crippen MR) is 183 cm³/mol. The van der Waals surface area contributed by atoms with Crippen LogP contribution in [0.15, 0.2) is 66.0 Å². The van der Waals surface area contributed by atoms with E-state index in [0.29, 0.717) is 24.9 Å². The molecule has 2 aliphatic rings. The highest BCUT2D eigenvalue weighted by molar-refractivity contribution is 7.09. The number of carbonyl (C=O) groups excluding carboxylic acids is 6. The summed E-state index contributed by atoms with van der Waals surface area (Å²) < 4.78 is 5.31. The van der Waals surface area contributed by atoms with Gasteiger partial charge in [-0.15, -0.1) is 11.3 Å². The summed E-state index contributed by atoms with van der Waals surface area (Å²) in [6, 6.07) is 13.9. The number of nitrogens with zero attached hydrogens (tertiary/aromatic N) is 2. The van der Waals surface area contributed by atoms with Crippen molar-refractivity contribution in [2.75, 3.05) is 19.7 Å². The molecule has 0 radical (unpaired) electrons. The molecule has 12 nitrogen and oxygen atoms in total. The number of Topliss-reactive ketones (excluding diaryl/α,β-unsaturated/α-hetero) is 1. The number of thiophene rings is 1. The van der Waals surface area contributed by atoms with Crippen molar-refractivity contribution in [1.29, 1.82) is 0 Å². The Morgan fingerprint density at radius 2 is 1.71 bits per heavy atom. The number of hydrogen-bond acceptors (Lipinski definition) is 8. The molecule has 15 heteroatoms. The minimum absolute atomic E-state index is 0.0161. The molecule has 3 aromatic rings. The van der Waals surface area contributed by atoms with Crippen LogP contribution in [0.4, 0.5) is 4.79 Å². The number of hydrogen-bond donors (Lipinski definition) is 3. The second kappa shape index (κ2) is 15.8. The maximum Gasteiger partial charge on any atom is 0.341 e. The van der Waals surface area contributed by atoms with E-state index in [0.717, 1.165) is 9.89 Å². The Hall–Kier alpha value is -4.46. The van der Waals surface area contributed by atoms with Crippen LogP contribution in [0.1, 0.15) is 53.4 Å². The van der Waals surface area contributed by atoms with Gasteiger partial charge in [0, 0.05) is 24.4 Å². The average Bonchev–Trinajstić information content (AvgIpc) is 3.58. The first-order valence-electron chi connectivity index (χ1n) is 15.7. The number of ketones is 1. The molecular weight excluding hydrogens is 693 g/mol. The summed E-state index contributed by atoms with van der Waals surface area (Å²) in [5.74, 6) is -3.27. The fourth-order valence-corrected chi connectivity index (χ4v) is 7.07. The molecule has 3 heterocycles. The first-order chi connectivity index (χ1) is 23.5. The summed E-state index contributed by atoms with van der Waals surface area (Å²) in [5, 5.41) is 12.6. The van der Waals surface area contributed by atoms with Crippen LogP contribution in [0.3, 0.4) is 0 Å². The van der Waals surface area contributed by atoms with Crippen LogP contribution in [0.25, 0.3) is 0 Å². The Bertz CT molecular complexity index is 1700. The van der Waals surface area contributed by atoms with Crippen LogP contribution < -0.4 is 16.0 Å². The third kappa shape index (κ3) is 8.23. The summed E-state index contributed by atoms with van der Waals surface area (Å²) in [6.07, 6.45) is 1.27. The summed E-state index contributed by atoms with van der Waals surface area (Å²) in [4.78, 5) is 81.7. The van der Waals surface area contributed by atoms with Gasteiger partial charge in [-0.2, -0.15) is 0 Å². The van der Waals surface area contributed by atoms with Crippen molar-refractivity contribution in [2.45, 2.75) is 56.7 Å². The number of halogens is 2. The van der Waals surface area contributed by atoms with E-state index in [1.165, 1.54) is 24.1 Å². The SMILES string of the molecule is C[C@@](NC(=O)[C@@H]1CCCN2C(=O)CCC(NC(=O)NCCc3cccs3)C(=O)N12)(C(=O)COC(=O)c1c(Cl)cccc1Cl)c1ccccc1. The molecule has 2 saturated heterocycles. The maximum atomic E-state index is 14.1. The van der Waals surface area contributed by atoms with Crippen molar-refractivity contribution in [3.63, 3.8) is 0 Å². The lowest BCUT2D eigenvalue weighted by Crippen LogP contribution is -2.65. The van der Waals surface area contributed by atoms with E-state index in [1.54, 1.807) is 47.7 Å². The monoisotopic (exact) mass is 727 g/mol. The average molecular weight is 729 g/mol. The van der Waals surface area contributed by atoms with E-state index in [2.05, 4.69) is 16.0 Å². The highest BCUT2D eigenvalue weighted by Crippen LogP contribution is 2.29. The van der Waals surface area contributed by atoms with Crippen LogP contribution >= 0.6 is 34.5 Å². The molecule has 2 fully saturated rings. The molecule has 1 aromatic heterocycles. The summed E-state index contributed by atoms with van der Waals surface area (Å²) >= 11 is 13.8. The molecule has 1 unspecified atom stereocenters. The van der Waals surface area contributed by atoms with Crippen molar-refractivity contribution < 1.29 is 33.5 Å². The van der Waals surface area contributed by atoms with Crippen molar-refractivity contribution >= 4 is 70.0 Å². The van der Waals surface area contributed by atoms with Gasteiger partial charge in [0.05, 0.1) is 15.6 Å². The highest BCUT2D eigenvalue weighted by atomic mass is 35.5. The van der Waals surface area contributed by atoms with Crippen LogP contribution in [0.2, 0.25) is 10.0 Å². The van der Waals surface area contributed by atoms with E-state index in [9.17, 15) is 28.8 Å². The molecule has 5 amide bonds. The first-order valence-corrected chi connectivity index (χ1v) is 17.3. The van der Waals surface area contributed by atoms with Gasteiger partial charge in [-0.1, -0.05) is 65.7 Å². The second-order valence-corrected chi connectivity index (χ2v) is 13.6. The first kappa shape index (κ1) is 35.8. The minimum Gasteiger partial charge on any atom is -0.454 e. The second-order valence-electron chi connectivity index (χ2n) is 11.8. The standard InChI is InChI=1S/C34H35Cl2N5O7S/c1-34(21-8-3-2-4-9-21,27(42)20-48-32(46)29-23(35)11-5-12-24(29)36)39-30(44)26-13-6-18-40-28(43)15-14-25(31(45)41(26)40)38-33(47)37-17-16-22-10-7-19-49-22/h2-5,7-12,19,25-26H,6,13-18,20H2,1H3,(H,39,44)(H2,37,38,47)/t25?,26-,34-/m0/s1. The summed E-state index contributed by atoms with van der Waals surface area (Å²) in [6.45, 7) is 1.29. The Balaban J connectivity index is 1.32. The van der Waals surface area contributed by atoms with E-state index in [1.807, 2.05) is 17.5 Å². The van der Waals surface area contributed by atoms with Crippen LogP contribution in [0.5, 0.6) is 0 Å². The van der Waals surface area contributed by atoms with Gasteiger partial charge in [0.25, 0.3) is 5.91 Å². The molecule has 0 saturated carbocycles. The molecule has 49 heavy (non-hydrogen) atoms. The van der Waals surface area contributed by atoms with Crippen molar-refractivity contribution in [2.24, 2.45) is 0 Å². The zero-order valence-corrected chi connectivity index (χ0v) is 28.9. The van der Waals surface area contributed by atoms with Gasteiger partial charge in [-0.3, -0.25) is 24.2 Å². The number of fused-ring (bicyclic) bond motifs is 1. The number of esters is 1. The predicted octanol–water partition coefficient (Wildman–Crippen LogP) is 4.25. The quantitative estimate of drug-likeness (QED) is 0.250. The fraction of sp³-hybridized carbons (Fsp3) is 0.353. The number of carbonyl (C=O) groups is 6. The number of hydrazine groups is 1. The van der Waals surface area contributed by atoms with E-state index in [4.69, 9.17) is 27.9 Å². The Labute approximate surface area is 297 Å². The molecule has 2 aliphatic heterocycles. The molecule has 2 aromatic carbocycles. The smallest absolute Gasteiger partial charge is 0.341 e. The third-order valence-electron chi connectivity index (χ3n) is 8.49. The molecule has 3 N–H and O–H groups in total. The topological polar surface area (TPSA) is 154 Å². The van der Waals surface area contributed by atoms with Crippen LogP contribution in [-0.4, -0.2) is 77.3 Å². The number of ether oxygens (including phenoxy) is 1. The van der Waals surface area contributed by atoms with Gasteiger partial charge < -0.3 is 20.7 Å². The number of urea groups is 1. The molecule has 0 bridgehead atoms. The van der Waals surface area contributed by atoms with E-state index < -0.39 is 53.8 Å². The minimum atomic E-state index is -1.72. The Morgan fingerprint density at radius 1 is 0.980 bits per heavy atom. The number of rotatable bonds is 11. The lowest BCUT2D eigenvalue weighted by Gasteiger charge is -2.44. The molecular formula is C34H35Cl2N5O7S. The normalized spacial score (nSPS) is 18.8. The van der Waals surface area contributed by atoms with E-state index >= 15 is 0 Å². The number of benzene rings is 2. The van der Waals surface area contributed by atoms with E-state index in [-0.39, 0.29) is 47.3 Å². The molecule has 0 spiro atoms. The zero-order valence-electron chi connectivity index (χ0n) is 26.6. The Kier molecular flexibility index (Phi) is 11.6.